The van der Waals surface area contributed by atoms with E-state index < -0.39 is 0 Å². The van der Waals surface area contributed by atoms with Crippen LogP contribution >= 0.6 is 0 Å². The van der Waals surface area contributed by atoms with Crippen molar-refractivity contribution in [1.29, 1.82) is 0 Å². The highest BCUT2D eigenvalue weighted by Crippen LogP contribution is 2.22. The number of hydrogen-bond acceptors (Lipinski definition) is 5. The molecule has 0 bridgehead atoms. The Morgan fingerprint density at radius 3 is 2.67 bits per heavy atom. The zero-order valence-electron chi connectivity index (χ0n) is 15.5. The third-order valence-electron chi connectivity index (χ3n) is 4.22. The molecule has 2 aromatic carbocycles. The van der Waals surface area contributed by atoms with Gasteiger partial charge >= 0.3 is 0 Å². The third kappa shape index (κ3) is 4.00. The summed E-state index contributed by atoms with van der Waals surface area (Å²) in [5.41, 5.74) is 11.6. The fourth-order valence-corrected chi connectivity index (χ4v) is 2.76. The number of amidine groups is 1. The van der Waals surface area contributed by atoms with Gasteiger partial charge in [0.2, 0.25) is 0 Å². The minimum absolute atomic E-state index is 0.292. The Labute approximate surface area is 158 Å². The van der Waals surface area contributed by atoms with Gasteiger partial charge in [0.15, 0.2) is 11.7 Å². The summed E-state index contributed by atoms with van der Waals surface area (Å²) in [6.45, 7) is 3.91. The third-order valence-corrected chi connectivity index (χ3v) is 4.22. The Morgan fingerprint density at radius 2 is 2.00 bits per heavy atom. The van der Waals surface area contributed by atoms with Crippen molar-refractivity contribution in [3.8, 4) is 11.3 Å². The maximum atomic E-state index is 11.0. The van der Waals surface area contributed by atoms with E-state index in [4.69, 9.17) is 5.73 Å². The van der Waals surface area contributed by atoms with Crippen molar-refractivity contribution in [1.82, 2.24) is 9.97 Å². The Balaban J connectivity index is 1.99. The van der Waals surface area contributed by atoms with Crippen LogP contribution in [0, 0.1) is 13.8 Å². The first-order valence-electron chi connectivity index (χ1n) is 8.51. The van der Waals surface area contributed by atoms with Gasteiger partial charge in [-0.15, -0.1) is 0 Å². The van der Waals surface area contributed by atoms with Crippen molar-refractivity contribution in [3.05, 3.63) is 71.0 Å². The second kappa shape index (κ2) is 7.78. The van der Waals surface area contributed by atoms with Gasteiger partial charge in [-0.3, -0.25) is 9.79 Å². The van der Waals surface area contributed by atoms with Crippen molar-refractivity contribution in [3.63, 3.8) is 0 Å². The van der Waals surface area contributed by atoms with E-state index >= 15 is 0 Å². The SMILES string of the molecule is CN=C(Nc1cccc(C)c1)c1nc(-c2ccc(C=O)c(C)c2)cnc1N. The van der Waals surface area contributed by atoms with Gasteiger partial charge in [0.05, 0.1) is 11.9 Å². The second-order valence-electron chi connectivity index (χ2n) is 6.25. The van der Waals surface area contributed by atoms with Crippen LogP contribution in [0.1, 0.15) is 27.2 Å². The first-order valence-corrected chi connectivity index (χ1v) is 8.51. The van der Waals surface area contributed by atoms with Crippen LogP contribution < -0.4 is 11.1 Å². The molecule has 27 heavy (non-hydrogen) atoms. The summed E-state index contributed by atoms with van der Waals surface area (Å²) in [7, 11) is 1.68. The lowest BCUT2D eigenvalue weighted by atomic mass is 10.0. The number of aldehydes is 1. The summed E-state index contributed by atoms with van der Waals surface area (Å²) in [6, 6.07) is 13.5. The second-order valence-corrected chi connectivity index (χ2v) is 6.25. The molecule has 0 spiro atoms. The molecule has 136 valence electrons. The molecule has 3 aromatic rings. The molecule has 0 radical (unpaired) electrons. The van der Waals surface area contributed by atoms with Crippen molar-refractivity contribution >= 4 is 23.6 Å². The molecule has 6 heteroatoms. The van der Waals surface area contributed by atoms with Gasteiger partial charge in [0, 0.05) is 23.9 Å². The fraction of sp³-hybridized carbons (Fsp3) is 0.143. The van der Waals surface area contributed by atoms with Crippen LogP contribution in [-0.2, 0) is 0 Å². The number of benzene rings is 2. The summed E-state index contributed by atoms with van der Waals surface area (Å²) in [5, 5.41) is 3.26. The van der Waals surface area contributed by atoms with Crippen LogP contribution in [0.4, 0.5) is 11.5 Å². The summed E-state index contributed by atoms with van der Waals surface area (Å²) in [6.07, 6.45) is 2.46. The van der Waals surface area contributed by atoms with Crippen LogP contribution in [0.15, 0.2) is 53.7 Å². The minimum atomic E-state index is 0.292. The smallest absolute Gasteiger partial charge is 0.155 e. The zero-order valence-corrected chi connectivity index (χ0v) is 15.5. The lowest BCUT2D eigenvalue weighted by molar-refractivity contribution is 0.112. The first-order chi connectivity index (χ1) is 13.0. The standard InChI is InChI=1S/C21H21N5O/c1-13-5-4-6-17(9-13)25-21(23-3)19-20(22)24-11-18(26-19)15-7-8-16(12-27)14(2)10-15/h4-12H,1-3H3,(H2,22,24)(H,23,25). The summed E-state index contributed by atoms with van der Waals surface area (Å²) >= 11 is 0. The van der Waals surface area contributed by atoms with Crippen LogP contribution in [0.2, 0.25) is 0 Å². The maximum Gasteiger partial charge on any atom is 0.155 e. The average molecular weight is 359 g/mol. The van der Waals surface area contributed by atoms with E-state index in [-0.39, 0.29) is 0 Å². The normalized spacial score (nSPS) is 11.3. The van der Waals surface area contributed by atoms with Crippen molar-refractivity contribution < 1.29 is 4.79 Å². The number of rotatable bonds is 4. The number of nitrogens with two attached hydrogens (primary N) is 1. The highest BCUT2D eigenvalue weighted by atomic mass is 16.1. The number of aliphatic imine (C=N–C) groups is 1. The Hall–Kier alpha value is -3.54. The van der Waals surface area contributed by atoms with Crippen LogP contribution in [0.5, 0.6) is 0 Å². The molecule has 0 saturated heterocycles. The lowest BCUT2D eigenvalue weighted by Gasteiger charge is -2.12. The number of hydrogen-bond donors (Lipinski definition) is 2. The number of aromatic nitrogens is 2. The minimum Gasteiger partial charge on any atom is -0.382 e. The number of nitrogens with one attached hydrogen (secondary N) is 1. The van der Waals surface area contributed by atoms with E-state index in [0.29, 0.717) is 28.6 Å². The van der Waals surface area contributed by atoms with E-state index in [1.54, 1.807) is 19.3 Å². The quantitative estimate of drug-likeness (QED) is 0.421. The van der Waals surface area contributed by atoms with E-state index in [9.17, 15) is 4.79 Å². The molecule has 3 N–H and O–H groups in total. The zero-order chi connectivity index (χ0) is 19.4. The number of carbonyl (C=O) groups excluding carboxylic acids is 1. The van der Waals surface area contributed by atoms with E-state index in [1.165, 1.54) is 0 Å². The molecule has 0 unspecified atom stereocenters. The van der Waals surface area contributed by atoms with Gasteiger partial charge < -0.3 is 11.1 Å². The molecule has 3 rings (SSSR count). The number of carbonyl (C=O) groups is 1. The van der Waals surface area contributed by atoms with Gasteiger partial charge in [-0.25, -0.2) is 9.97 Å². The first kappa shape index (κ1) is 18.3. The van der Waals surface area contributed by atoms with Gasteiger partial charge in [0.25, 0.3) is 0 Å². The van der Waals surface area contributed by atoms with Gasteiger partial charge in [0.1, 0.15) is 12.0 Å². The highest BCUT2D eigenvalue weighted by molar-refractivity contribution is 6.09. The van der Waals surface area contributed by atoms with Crippen molar-refractivity contribution in [2.75, 3.05) is 18.1 Å². The molecule has 0 saturated carbocycles. The largest absolute Gasteiger partial charge is 0.382 e. The average Bonchev–Trinajstić information content (AvgIpc) is 2.67. The Kier molecular flexibility index (Phi) is 5.26. The number of aryl methyl sites for hydroxylation is 2. The van der Waals surface area contributed by atoms with Crippen molar-refractivity contribution in [2.24, 2.45) is 4.99 Å². The molecule has 1 heterocycles. The predicted octanol–water partition coefficient (Wildman–Crippen LogP) is 3.64. The molecular formula is C21H21N5O. The van der Waals surface area contributed by atoms with E-state index in [0.717, 1.165) is 28.7 Å². The molecule has 0 aliphatic rings. The molecule has 0 atom stereocenters. The van der Waals surface area contributed by atoms with E-state index in [2.05, 4.69) is 20.3 Å². The van der Waals surface area contributed by atoms with Crippen LogP contribution in [0.3, 0.4) is 0 Å². The Bertz CT molecular complexity index is 1030. The monoisotopic (exact) mass is 359 g/mol. The molecule has 0 fully saturated rings. The van der Waals surface area contributed by atoms with Gasteiger partial charge in [-0.2, -0.15) is 0 Å². The van der Waals surface area contributed by atoms with Crippen LogP contribution in [0.25, 0.3) is 11.3 Å². The molecule has 1 aromatic heterocycles. The maximum absolute atomic E-state index is 11.0. The number of nitrogens with zero attached hydrogens (tertiary/aromatic N) is 3. The lowest BCUT2D eigenvalue weighted by Crippen LogP contribution is -2.18. The fourth-order valence-electron chi connectivity index (χ4n) is 2.76. The summed E-state index contributed by atoms with van der Waals surface area (Å²) in [5.74, 6) is 0.828. The summed E-state index contributed by atoms with van der Waals surface area (Å²) < 4.78 is 0. The van der Waals surface area contributed by atoms with Crippen molar-refractivity contribution in [2.45, 2.75) is 13.8 Å². The molecule has 0 aliphatic carbocycles. The van der Waals surface area contributed by atoms with E-state index in [1.807, 2.05) is 50.2 Å². The Morgan fingerprint density at radius 1 is 1.19 bits per heavy atom. The summed E-state index contributed by atoms with van der Waals surface area (Å²) in [4.78, 5) is 24.3. The topological polar surface area (TPSA) is 93.3 Å². The van der Waals surface area contributed by atoms with Gasteiger partial charge in [-0.1, -0.05) is 24.3 Å². The molecular weight excluding hydrogens is 338 g/mol. The number of nitrogen functional groups attached to an aromatic ring is 1. The van der Waals surface area contributed by atoms with Crippen LogP contribution in [-0.4, -0.2) is 29.1 Å². The molecule has 0 amide bonds. The predicted molar refractivity (Wildman–Crippen MR) is 109 cm³/mol. The highest BCUT2D eigenvalue weighted by Gasteiger charge is 2.13. The molecule has 0 aliphatic heterocycles. The molecule has 6 nitrogen and oxygen atoms in total. The number of anilines is 2. The van der Waals surface area contributed by atoms with Gasteiger partial charge in [-0.05, 0) is 43.2 Å².